The van der Waals surface area contributed by atoms with Gasteiger partial charge in [-0.2, -0.15) is 0 Å². The first kappa shape index (κ1) is 30.2. The van der Waals surface area contributed by atoms with Gasteiger partial charge < -0.3 is 25.5 Å². The van der Waals surface area contributed by atoms with Gasteiger partial charge in [-0.1, -0.05) is 19.9 Å². The van der Waals surface area contributed by atoms with Gasteiger partial charge in [0, 0.05) is 37.8 Å². The number of carbonyl (C=O) groups is 2. The number of aliphatic imine (C=N–C) groups is 1. The molecule has 0 saturated carbocycles. The van der Waals surface area contributed by atoms with Crippen LogP contribution in [0.15, 0.2) is 51.4 Å². The van der Waals surface area contributed by atoms with Crippen molar-refractivity contribution in [2.75, 3.05) is 26.2 Å². The van der Waals surface area contributed by atoms with Crippen molar-refractivity contribution in [1.29, 1.82) is 0 Å². The normalized spacial score (nSPS) is 18.5. The van der Waals surface area contributed by atoms with E-state index < -0.39 is 35.0 Å². The van der Waals surface area contributed by atoms with Crippen LogP contribution in [0.1, 0.15) is 43.8 Å². The molecule has 0 saturated heterocycles. The van der Waals surface area contributed by atoms with Gasteiger partial charge in [0.2, 0.25) is 5.91 Å². The molecule has 1 aromatic carbocycles. The van der Waals surface area contributed by atoms with Crippen LogP contribution < -0.4 is 11.1 Å². The molecule has 1 aliphatic rings. The number of primary amides is 1. The number of nitrogens with one attached hydrogen (secondary N) is 1. The van der Waals surface area contributed by atoms with Crippen LogP contribution in [0, 0.1) is 29.9 Å². The highest BCUT2D eigenvalue weighted by atomic mass is 19.1. The number of aryl methyl sites for hydroxylation is 1. The monoisotopic (exact) mass is 544 g/mol. The van der Waals surface area contributed by atoms with Crippen molar-refractivity contribution in [2.45, 2.75) is 52.7 Å². The second-order valence-corrected chi connectivity index (χ2v) is 10.1. The second kappa shape index (κ2) is 13.6. The van der Waals surface area contributed by atoms with E-state index in [0.29, 0.717) is 25.4 Å². The molecule has 1 aromatic heterocycles. The number of hydrogen-bond donors (Lipinski definition) is 3. The zero-order valence-corrected chi connectivity index (χ0v) is 22.8. The fourth-order valence-electron chi connectivity index (χ4n) is 5.08. The lowest BCUT2D eigenvalue weighted by atomic mass is 9.67. The molecular weight excluding hydrogens is 506 g/mol. The number of furan rings is 1. The number of nitrogens with two attached hydrogens (primary N) is 1. The minimum absolute atomic E-state index is 0.0237. The number of rotatable bonds is 14. The van der Waals surface area contributed by atoms with E-state index in [-0.39, 0.29) is 36.6 Å². The Bertz CT molecular complexity index is 1190. The molecule has 1 aliphatic heterocycles. The fraction of sp³-hybridized carbons (Fsp3) is 0.483. The molecule has 0 bridgehead atoms. The van der Waals surface area contributed by atoms with Crippen molar-refractivity contribution < 1.29 is 27.9 Å². The Labute approximate surface area is 228 Å². The maximum Gasteiger partial charge on any atom is 0.255 e. The van der Waals surface area contributed by atoms with E-state index in [0.717, 1.165) is 36.8 Å². The van der Waals surface area contributed by atoms with Crippen molar-refractivity contribution in [3.8, 4) is 0 Å². The molecule has 0 fully saturated rings. The van der Waals surface area contributed by atoms with Gasteiger partial charge >= 0.3 is 0 Å². The quantitative estimate of drug-likeness (QED) is 0.337. The Morgan fingerprint density at radius 2 is 1.85 bits per heavy atom. The van der Waals surface area contributed by atoms with Gasteiger partial charge in [-0.3, -0.25) is 14.6 Å². The summed E-state index contributed by atoms with van der Waals surface area (Å²) in [7, 11) is 0. The highest BCUT2D eigenvalue weighted by Crippen LogP contribution is 2.38. The second-order valence-electron chi connectivity index (χ2n) is 10.1. The molecule has 0 aliphatic carbocycles. The molecule has 8 nitrogen and oxygen atoms in total. The number of carbonyl (C=O) groups excluding carboxylic acids is 2. The van der Waals surface area contributed by atoms with E-state index in [2.05, 4.69) is 10.3 Å². The Morgan fingerprint density at radius 1 is 1.18 bits per heavy atom. The molecule has 212 valence electrons. The highest BCUT2D eigenvalue weighted by molar-refractivity contribution is 6.13. The third-order valence-corrected chi connectivity index (χ3v) is 6.93. The van der Waals surface area contributed by atoms with Gasteiger partial charge in [0.1, 0.15) is 23.2 Å². The van der Waals surface area contributed by atoms with Gasteiger partial charge in [0.05, 0.1) is 30.2 Å². The molecule has 1 unspecified atom stereocenters. The van der Waals surface area contributed by atoms with Crippen LogP contribution in [0.3, 0.4) is 0 Å². The van der Waals surface area contributed by atoms with Crippen molar-refractivity contribution in [2.24, 2.45) is 22.1 Å². The molecule has 4 N–H and O–H groups in total. The summed E-state index contributed by atoms with van der Waals surface area (Å²) in [4.78, 5) is 32.5. The van der Waals surface area contributed by atoms with Crippen molar-refractivity contribution in [1.82, 2.24) is 10.2 Å². The summed E-state index contributed by atoms with van der Waals surface area (Å²) in [5, 5.41) is 14.5. The molecule has 3 atom stereocenters. The van der Waals surface area contributed by atoms with Crippen molar-refractivity contribution >= 4 is 18.0 Å². The standard InChI is InChI=1S/C29H38F2N4O4/c1-4-8-35(9-5-2)27(37)21-14-29(28(32)38,18-34-15-21)25(12-20-10-22(30)13-23(31)11-20)26(36)17-33-16-24-7-6-19(3)39-24/h6-7,10-11,13-15,25-26,33,36H,4-5,8-9,12,16-18H2,1-3H3,(H2,32,38)/t25-,26+,29?/m1/s1. The number of halogens is 2. The third-order valence-electron chi connectivity index (χ3n) is 6.93. The van der Waals surface area contributed by atoms with Crippen molar-refractivity contribution in [3.63, 3.8) is 0 Å². The molecule has 0 spiro atoms. The van der Waals surface area contributed by atoms with Gasteiger partial charge in [-0.25, -0.2) is 8.78 Å². The Kier molecular flexibility index (Phi) is 10.5. The highest BCUT2D eigenvalue weighted by Gasteiger charge is 2.47. The Morgan fingerprint density at radius 3 is 2.41 bits per heavy atom. The molecule has 2 heterocycles. The molecule has 39 heavy (non-hydrogen) atoms. The molecule has 2 aromatic rings. The SMILES string of the molecule is CCCN(CCC)C(=O)C1=CC(C(N)=O)([C@H](Cc2cc(F)cc(F)c2)[C@@H](O)CNCc2ccc(C)o2)CN=C1. The number of aliphatic hydroxyl groups excluding tert-OH is 1. The summed E-state index contributed by atoms with van der Waals surface area (Å²) in [6.45, 7) is 7.05. The molecule has 0 radical (unpaired) electrons. The average Bonchev–Trinajstić information content (AvgIpc) is 3.30. The summed E-state index contributed by atoms with van der Waals surface area (Å²) in [5.41, 5.74) is 4.82. The largest absolute Gasteiger partial charge is 0.465 e. The summed E-state index contributed by atoms with van der Waals surface area (Å²) < 4.78 is 33.7. The number of benzene rings is 1. The average molecular weight is 545 g/mol. The first-order chi connectivity index (χ1) is 18.6. The van der Waals surface area contributed by atoms with E-state index in [1.54, 1.807) is 11.0 Å². The van der Waals surface area contributed by atoms with Crippen molar-refractivity contribution in [3.05, 3.63) is 70.7 Å². The zero-order valence-electron chi connectivity index (χ0n) is 22.8. The van der Waals surface area contributed by atoms with Gasteiger partial charge in [0.15, 0.2) is 0 Å². The van der Waals surface area contributed by atoms with Gasteiger partial charge in [-0.05, 0) is 56.0 Å². The van der Waals surface area contributed by atoms with Gasteiger partial charge in [0.25, 0.3) is 5.91 Å². The summed E-state index contributed by atoms with van der Waals surface area (Å²) in [6, 6.07) is 6.69. The smallest absolute Gasteiger partial charge is 0.255 e. The van der Waals surface area contributed by atoms with E-state index in [9.17, 15) is 23.5 Å². The van der Waals surface area contributed by atoms with E-state index in [1.807, 2.05) is 26.8 Å². The third kappa shape index (κ3) is 7.60. The van der Waals surface area contributed by atoms with E-state index in [1.165, 1.54) is 12.3 Å². The number of dihydropyridines is 1. The molecular formula is C29H38F2N4O4. The van der Waals surface area contributed by atoms with Crippen LogP contribution in [0.4, 0.5) is 8.78 Å². The predicted molar refractivity (Wildman–Crippen MR) is 145 cm³/mol. The first-order valence-electron chi connectivity index (χ1n) is 13.3. The Hall–Kier alpha value is -3.37. The Balaban J connectivity index is 1.98. The lowest BCUT2D eigenvalue weighted by molar-refractivity contribution is -0.130. The topological polar surface area (TPSA) is 121 Å². The minimum atomic E-state index is -1.57. The van der Waals surface area contributed by atoms with Crippen LogP contribution in [0.5, 0.6) is 0 Å². The number of amides is 2. The molecule has 3 rings (SSSR count). The number of aliphatic hydroxyl groups is 1. The van der Waals surface area contributed by atoms with E-state index in [4.69, 9.17) is 10.2 Å². The van der Waals surface area contributed by atoms with Gasteiger partial charge in [-0.15, -0.1) is 0 Å². The number of nitrogens with zero attached hydrogens (tertiary/aromatic N) is 2. The fourth-order valence-corrected chi connectivity index (χ4v) is 5.08. The number of hydrogen-bond acceptors (Lipinski definition) is 6. The van der Waals surface area contributed by atoms with Crippen LogP contribution in [0.2, 0.25) is 0 Å². The van der Waals surface area contributed by atoms with E-state index >= 15 is 0 Å². The van der Waals surface area contributed by atoms with Crippen LogP contribution in [-0.2, 0) is 22.6 Å². The first-order valence-corrected chi connectivity index (χ1v) is 13.3. The maximum atomic E-state index is 14.1. The maximum absolute atomic E-state index is 14.1. The molecule has 2 amide bonds. The minimum Gasteiger partial charge on any atom is -0.465 e. The zero-order chi connectivity index (χ0) is 28.6. The lowest BCUT2D eigenvalue weighted by Crippen LogP contribution is -2.53. The van der Waals surface area contributed by atoms with Crippen LogP contribution in [0.25, 0.3) is 0 Å². The predicted octanol–water partition coefficient (Wildman–Crippen LogP) is 3.31. The van der Waals surface area contributed by atoms with Crippen LogP contribution in [-0.4, -0.2) is 60.3 Å². The molecule has 10 heteroatoms. The summed E-state index contributed by atoms with van der Waals surface area (Å²) >= 11 is 0. The summed E-state index contributed by atoms with van der Waals surface area (Å²) in [5.74, 6) is -2.17. The summed E-state index contributed by atoms with van der Waals surface area (Å²) in [6.07, 6.45) is 3.15. The van der Waals surface area contributed by atoms with Crippen LogP contribution >= 0.6 is 0 Å². The lowest BCUT2D eigenvalue weighted by Gasteiger charge is -2.40.